The van der Waals surface area contributed by atoms with E-state index in [-0.39, 0.29) is 0 Å². The predicted molar refractivity (Wildman–Crippen MR) is 261 cm³/mol. The van der Waals surface area contributed by atoms with Crippen LogP contribution in [0.2, 0.25) is 0 Å². The van der Waals surface area contributed by atoms with Crippen LogP contribution in [-0.4, -0.2) is 421 Å². The number of hydrogen-bond donors (Lipinski definition) is 24. The Morgan fingerprint density at radius 2 is 0.216 bits per heavy atom. The maximum absolute atomic E-state index is 10.9. The van der Waals surface area contributed by atoms with Gasteiger partial charge in [0, 0.05) is 0 Å². The van der Waals surface area contributed by atoms with Crippen LogP contribution >= 0.6 is 0 Å². The molecule has 9 aliphatic rings. The predicted octanol–water partition coefficient (Wildman–Crippen LogP) is -17.4. The monoisotopic (exact) mass is 1300 g/mol. The number of fused-ring (bicyclic) bond motifs is 16. The zero-order valence-corrected chi connectivity index (χ0v) is 46.0. The van der Waals surface area contributed by atoms with Crippen molar-refractivity contribution in [3.63, 3.8) is 0 Å². The molecule has 40 atom stereocenters. The van der Waals surface area contributed by atoms with Crippen LogP contribution in [0.5, 0.6) is 0 Å². The SMILES string of the molecule is O[C@@H]1[C@H](O)[C@@H]2OC[C@H]3O[C@H](OC[C@H]4O[C@H](OC[C@H]5O[C@H](OC[C@H]6O[C@H](OC[C@@H]7O[C@@H](OC[C@@H]8O[C@@H](OC[C@@H]9O[C@@H](OC[C@@H](O2)[C@@H]1O)[C@H](O)[C@@H](O)[C@H]9O)[C@H](O)[C@@H](O)[C@H]8O)[C@H](O)[C@@H](O)[C@H]7O)[C@H](O)[C@@H](O)[C@H]6O)[C@H](O)[C@H](O)[C@H]5O)[C@H](O)[C@H](O)[C@H]4O)[C@H](O)[C@H](O)[C@H]3O. The Labute approximate surface area is 496 Å². The van der Waals surface area contributed by atoms with E-state index in [0.717, 1.165) is 0 Å². The lowest BCUT2D eigenvalue weighted by Gasteiger charge is -2.45. The summed E-state index contributed by atoms with van der Waals surface area (Å²) in [5, 5.41) is 260. The standard InChI is InChI=1S/C48H80O40/c49-17-9-1-73-41-33(65)26(58)18(50)10(82-41)2-75-43-35(67)28(60)20(52)12(84-43)4-77-45-37(69)30(62)22(54)14(86-45)6-79-47-39(71)32(64)24(56)16(88-47)8-80-48-40(72)31(63)23(55)15(87-48)7-78-46-38(70)29(61)21(53)13(85-46)5-76-44-36(68)27(59)19(51)11(83-44)3-74-42(81-9)34(66)25(17)57/h9-72H,1-8H2/t9-,10-,11-,12-,13-,14+,15+,16+,17+,18+,19+,20+,21+,22+,23+,24+,25-,26-,27-,28+,29+,30+,31+,32+,33-,34-,35+,36-,37-,38-,39-,40-,41+,42+,43-,44+,45-,46+,47-,48-/m1/s1. The molecule has 88 heavy (non-hydrogen) atoms. The summed E-state index contributed by atoms with van der Waals surface area (Å²) >= 11 is 0. The van der Waals surface area contributed by atoms with Gasteiger partial charge in [0.05, 0.1) is 52.9 Å². The molecule has 0 radical (unpaired) electrons. The van der Waals surface area contributed by atoms with Crippen LogP contribution in [0.15, 0.2) is 0 Å². The van der Waals surface area contributed by atoms with Crippen molar-refractivity contribution in [1.29, 1.82) is 0 Å². The molecule has 0 aliphatic carbocycles. The van der Waals surface area contributed by atoms with E-state index in [4.69, 9.17) is 75.8 Å². The Morgan fingerprint density at radius 1 is 0.125 bits per heavy atom. The van der Waals surface area contributed by atoms with Gasteiger partial charge in [-0.15, -0.1) is 0 Å². The highest BCUT2D eigenvalue weighted by molar-refractivity contribution is 4.98. The first-order chi connectivity index (χ1) is 41.6. The molecule has 0 saturated carbocycles. The van der Waals surface area contributed by atoms with Crippen molar-refractivity contribution in [3.8, 4) is 0 Å². The number of hydrogen-bond acceptors (Lipinski definition) is 40. The molecule has 40 heteroatoms. The van der Waals surface area contributed by atoms with Gasteiger partial charge in [0.25, 0.3) is 0 Å². The van der Waals surface area contributed by atoms with E-state index in [1.165, 1.54) is 0 Å². The van der Waals surface area contributed by atoms with Gasteiger partial charge in [0.15, 0.2) is 50.3 Å². The van der Waals surface area contributed by atoms with Crippen LogP contribution in [0.25, 0.3) is 0 Å². The van der Waals surface area contributed by atoms with Gasteiger partial charge in [0.1, 0.15) is 195 Å². The third kappa shape index (κ3) is 14.9. The van der Waals surface area contributed by atoms with E-state index in [1.807, 2.05) is 0 Å². The molecule has 512 valence electrons. The molecule has 9 aliphatic heterocycles. The highest BCUT2D eigenvalue weighted by Gasteiger charge is 2.55. The fraction of sp³-hybridized carbons (Fsp3) is 1.00. The van der Waals surface area contributed by atoms with Crippen LogP contribution in [0.3, 0.4) is 0 Å². The topological polar surface area (TPSA) is 633 Å². The minimum Gasteiger partial charge on any atom is -0.387 e. The summed E-state index contributed by atoms with van der Waals surface area (Å²) in [6.07, 6.45) is -77.8. The maximum Gasteiger partial charge on any atom is 0.186 e. The van der Waals surface area contributed by atoms with Crippen molar-refractivity contribution in [2.45, 2.75) is 246 Å². The molecule has 9 saturated heterocycles. The summed E-state index contributed by atoms with van der Waals surface area (Å²) in [7, 11) is 0. The van der Waals surface area contributed by atoms with Crippen LogP contribution in [0, 0.1) is 0 Å². The van der Waals surface area contributed by atoms with Gasteiger partial charge in [-0.1, -0.05) is 0 Å². The van der Waals surface area contributed by atoms with Gasteiger partial charge in [-0.05, 0) is 0 Å². The zero-order valence-electron chi connectivity index (χ0n) is 46.0. The summed E-state index contributed by atoms with van der Waals surface area (Å²) in [4.78, 5) is 0. The van der Waals surface area contributed by atoms with Crippen LogP contribution < -0.4 is 0 Å². The summed E-state index contributed by atoms with van der Waals surface area (Å²) in [6, 6.07) is 0. The lowest BCUT2D eigenvalue weighted by molar-refractivity contribution is -0.357. The molecule has 0 unspecified atom stereocenters. The van der Waals surface area contributed by atoms with Gasteiger partial charge in [-0.2, -0.15) is 0 Å². The molecule has 0 spiro atoms. The number of rotatable bonds is 0. The van der Waals surface area contributed by atoms with Crippen molar-refractivity contribution < 1.29 is 198 Å². The largest absolute Gasteiger partial charge is 0.387 e. The summed E-state index contributed by atoms with van der Waals surface area (Å²) < 4.78 is 89.8. The lowest BCUT2D eigenvalue weighted by Crippen LogP contribution is -2.64. The maximum atomic E-state index is 10.9. The van der Waals surface area contributed by atoms with Crippen LogP contribution in [-0.2, 0) is 75.8 Å². The minimum absolute atomic E-state index is 0.856. The van der Waals surface area contributed by atoms with Gasteiger partial charge >= 0.3 is 0 Å². The molecular formula is C48H80O40. The second-order valence-corrected chi connectivity index (χ2v) is 22.8. The Kier molecular flexibility index (Phi) is 24.1. The van der Waals surface area contributed by atoms with E-state index in [0.29, 0.717) is 0 Å². The average molecular weight is 1300 g/mol. The summed E-state index contributed by atoms with van der Waals surface area (Å²) in [5.74, 6) is 0. The molecular weight excluding hydrogens is 1220 g/mol. The Bertz CT molecular complexity index is 1590. The van der Waals surface area contributed by atoms with Gasteiger partial charge < -0.3 is 198 Å². The second kappa shape index (κ2) is 30.0. The Morgan fingerprint density at radius 3 is 0.307 bits per heavy atom. The van der Waals surface area contributed by atoms with Gasteiger partial charge in [-0.25, -0.2) is 0 Å². The Balaban J connectivity index is 0.923. The van der Waals surface area contributed by atoms with Crippen LogP contribution in [0.1, 0.15) is 0 Å². The van der Waals surface area contributed by atoms with E-state index >= 15 is 0 Å². The van der Waals surface area contributed by atoms with Crippen molar-refractivity contribution in [3.05, 3.63) is 0 Å². The highest BCUT2D eigenvalue weighted by atomic mass is 16.8. The van der Waals surface area contributed by atoms with Gasteiger partial charge in [-0.3, -0.25) is 0 Å². The fourth-order valence-corrected chi connectivity index (χ4v) is 11.1. The van der Waals surface area contributed by atoms with Crippen molar-refractivity contribution in [2.24, 2.45) is 0 Å². The fourth-order valence-electron chi connectivity index (χ4n) is 11.1. The first-order valence-electron chi connectivity index (χ1n) is 28.1. The van der Waals surface area contributed by atoms with E-state index in [9.17, 15) is 123 Å². The molecule has 0 amide bonds. The van der Waals surface area contributed by atoms with Gasteiger partial charge in [0.2, 0.25) is 0 Å². The first kappa shape index (κ1) is 70.7. The second-order valence-electron chi connectivity index (χ2n) is 22.8. The molecule has 9 fully saturated rings. The molecule has 0 aromatic carbocycles. The molecule has 16 bridgehead atoms. The lowest BCUT2D eigenvalue weighted by atomic mass is 9.97. The summed E-state index contributed by atoms with van der Waals surface area (Å²) in [5.41, 5.74) is 0. The Hall–Kier alpha value is -1.60. The third-order valence-electron chi connectivity index (χ3n) is 16.7. The van der Waals surface area contributed by atoms with E-state index < -0.39 is 299 Å². The van der Waals surface area contributed by atoms with Crippen molar-refractivity contribution in [2.75, 3.05) is 52.9 Å². The third-order valence-corrected chi connectivity index (χ3v) is 16.7. The van der Waals surface area contributed by atoms with Crippen molar-refractivity contribution >= 4 is 0 Å². The first-order valence-corrected chi connectivity index (χ1v) is 28.1. The number of aliphatic hydroxyl groups excluding tert-OH is 24. The van der Waals surface area contributed by atoms with Crippen molar-refractivity contribution in [1.82, 2.24) is 0 Å². The highest BCUT2D eigenvalue weighted by Crippen LogP contribution is 2.34. The number of ether oxygens (including phenoxy) is 16. The molecule has 40 nitrogen and oxygen atoms in total. The molecule has 9 rings (SSSR count). The van der Waals surface area contributed by atoms with E-state index in [2.05, 4.69) is 0 Å². The van der Waals surface area contributed by atoms with Crippen LogP contribution in [0.4, 0.5) is 0 Å². The molecule has 0 aromatic heterocycles. The summed E-state index contributed by atoms with van der Waals surface area (Å²) in [6.45, 7) is -6.85. The minimum atomic E-state index is -2.07. The molecule has 9 heterocycles. The number of aliphatic hydroxyl groups is 24. The molecule has 0 aromatic rings. The van der Waals surface area contributed by atoms with E-state index in [1.54, 1.807) is 0 Å². The molecule has 24 N–H and O–H groups in total. The normalized spacial score (nSPS) is 56.5. The smallest absolute Gasteiger partial charge is 0.186 e. The quantitative estimate of drug-likeness (QED) is 0.107. The average Bonchev–Trinajstić information content (AvgIpc) is 2.39. The zero-order chi connectivity index (χ0) is 64.1.